The Labute approximate surface area is 103 Å². The number of hydrogen-bond donors (Lipinski definition) is 0. The van der Waals surface area contributed by atoms with Crippen LogP contribution in [0.3, 0.4) is 0 Å². The Bertz CT molecular complexity index is 43.4. The van der Waals surface area contributed by atoms with E-state index in [0.29, 0.717) is 23.8 Å². The monoisotopic (exact) mass is 330 g/mol. The van der Waals surface area contributed by atoms with Crippen molar-refractivity contribution in [3.63, 3.8) is 0 Å². The Morgan fingerprint density at radius 1 is 0.385 bits per heavy atom. The Kier molecular flexibility index (Phi) is 36.3. The molecular formula is C9H27P3Ru. The minimum atomic E-state index is 0. The Morgan fingerprint density at radius 3 is 0.385 bits per heavy atom. The Hall–Kier alpha value is 1.91. The first kappa shape index (κ1) is 24.2. The van der Waals surface area contributed by atoms with Crippen molar-refractivity contribution in [1.29, 1.82) is 0 Å². The molecule has 0 heterocycles. The second-order valence-electron chi connectivity index (χ2n) is 4.02. The van der Waals surface area contributed by atoms with Crippen LogP contribution in [0.25, 0.3) is 0 Å². The van der Waals surface area contributed by atoms with Crippen molar-refractivity contribution in [3.8, 4) is 0 Å². The standard InChI is InChI=1S/3C3H9P.Ru/c3*1-4(2)3;/h3*1-3H3;. The largest absolute Gasteiger partial charge is 0.116 e. The fourth-order valence-electron chi connectivity index (χ4n) is 0. The van der Waals surface area contributed by atoms with E-state index in [4.69, 9.17) is 0 Å². The van der Waals surface area contributed by atoms with Crippen molar-refractivity contribution in [2.75, 3.05) is 60.0 Å². The molecule has 4 heteroatoms. The summed E-state index contributed by atoms with van der Waals surface area (Å²) < 4.78 is 0. The Morgan fingerprint density at radius 2 is 0.385 bits per heavy atom. The average molecular weight is 329 g/mol. The van der Waals surface area contributed by atoms with Crippen LogP contribution in [0, 0.1) is 0 Å². The number of rotatable bonds is 0. The van der Waals surface area contributed by atoms with E-state index in [1.807, 2.05) is 0 Å². The van der Waals surface area contributed by atoms with Crippen LogP contribution in [-0.4, -0.2) is 60.0 Å². The van der Waals surface area contributed by atoms with Crippen LogP contribution in [0.15, 0.2) is 0 Å². The first-order valence-electron chi connectivity index (χ1n) is 4.02. The van der Waals surface area contributed by atoms with Gasteiger partial charge in [-0.1, -0.05) is 0 Å². The molecule has 0 nitrogen and oxygen atoms in total. The molecule has 0 aliphatic rings. The molecule has 0 unspecified atom stereocenters. The van der Waals surface area contributed by atoms with Crippen molar-refractivity contribution in [2.24, 2.45) is 0 Å². The average Bonchev–Trinajstić information content (AvgIpc) is 1.54. The summed E-state index contributed by atoms with van der Waals surface area (Å²) in [6.07, 6.45) is 0. The maximum absolute atomic E-state index is 2.23. The van der Waals surface area contributed by atoms with E-state index >= 15 is 0 Å². The zero-order valence-corrected chi connectivity index (χ0v) is 15.1. The van der Waals surface area contributed by atoms with Crippen molar-refractivity contribution in [1.82, 2.24) is 0 Å². The van der Waals surface area contributed by atoms with Gasteiger partial charge in [0, 0.05) is 19.5 Å². The van der Waals surface area contributed by atoms with Gasteiger partial charge in [-0.3, -0.25) is 0 Å². The van der Waals surface area contributed by atoms with Gasteiger partial charge in [0.05, 0.1) is 0 Å². The van der Waals surface area contributed by atoms with E-state index in [1.165, 1.54) is 0 Å². The molecule has 0 amide bonds. The van der Waals surface area contributed by atoms with Gasteiger partial charge >= 0.3 is 0 Å². The third-order valence-electron chi connectivity index (χ3n) is 0. The summed E-state index contributed by atoms with van der Waals surface area (Å²) in [5, 5.41) is 0. The molecule has 0 aromatic rings. The van der Waals surface area contributed by atoms with Crippen molar-refractivity contribution >= 4 is 23.8 Å². The molecule has 0 saturated heterocycles. The van der Waals surface area contributed by atoms with Crippen molar-refractivity contribution in [3.05, 3.63) is 0 Å². The Balaban J connectivity index is -0.0000000450. The predicted molar refractivity (Wildman–Crippen MR) is 74.1 cm³/mol. The first-order chi connectivity index (χ1) is 5.20. The van der Waals surface area contributed by atoms with Gasteiger partial charge in [-0.15, -0.1) is 23.8 Å². The summed E-state index contributed by atoms with van der Waals surface area (Å²) in [6, 6.07) is 0. The van der Waals surface area contributed by atoms with Crippen LogP contribution in [0.1, 0.15) is 0 Å². The van der Waals surface area contributed by atoms with Gasteiger partial charge in [0.2, 0.25) is 0 Å². The van der Waals surface area contributed by atoms with Crippen LogP contribution in [0.5, 0.6) is 0 Å². The maximum atomic E-state index is 2.23. The number of hydrogen-bond acceptors (Lipinski definition) is 0. The quantitative estimate of drug-likeness (QED) is 0.464. The SMILES string of the molecule is CP(C)C.CP(C)C.CP(C)C.[Ru]. The van der Waals surface area contributed by atoms with E-state index < -0.39 is 0 Å². The summed E-state index contributed by atoms with van der Waals surface area (Å²) >= 11 is 0. The van der Waals surface area contributed by atoms with Gasteiger partial charge in [0.15, 0.2) is 0 Å². The molecule has 0 radical (unpaired) electrons. The minimum absolute atomic E-state index is 0. The fourth-order valence-corrected chi connectivity index (χ4v) is 0. The zero-order valence-electron chi connectivity index (χ0n) is 10.7. The van der Waals surface area contributed by atoms with Crippen LogP contribution in [0.4, 0.5) is 0 Å². The first-order valence-corrected chi connectivity index (χ1v) is 12.1. The molecule has 0 spiro atoms. The van der Waals surface area contributed by atoms with E-state index in [1.54, 1.807) is 0 Å². The summed E-state index contributed by atoms with van der Waals surface area (Å²) in [4.78, 5) is 0. The van der Waals surface area contributed by atoms with Gasteiger partial charge in [-0.05, 0) is 60.0 Å². The summed E-state index contributed by atoms with van der Waals surface area (Å²) in [7, 11) is 1.14. The molecule has 0 N–H and O–H groups in total. The van der Waals surface area contributed by atoms with Gasteiger partial charge in [0.1, 0.15) is 0 Å². The molecule has 0 bridgehead atoms. The molecule has 86 valence electrons. The van der Waals surface area contributed by atoms with E-state index in [9.17, 15) is 0 Å². The summed E-state index contributed by atoms with van der Waals surface area (Å²) in [5.41, 5.74) is 0. The molecule has 13 heavy (non-hydrogen) atoms. The second kappa shape index (κ2) is 19.5. The van der Waals surface area contributed by atoms with Crippen LogP contribution >= 0.6 is 23.8 Å². The molecule has 0 rings (SSSR count). The molecule has 0 aromatic carbocycles. The summed E-state index contributed by atoms with van der Waals surface area (Å²) in [6.45, 7) is 20.1. The third-order valence-corrected chi connectivity index (χ3v) is 0. The van der Waals surface area contributed by atoms with E-state index in [-0.39, 0.29) is 19.5 Å². The fraction of sp³-hybridized carbons (Fsp3) is 1.00. The van der Waals surface area contributed by atoms with Crippen LogP contribution in [0.2, 0.25) is 0 Å². The third kappa shape index (κ3) is 539. The molecule has 0 aliphatic carbocycles. The predicted octanol–water partition coefficient (Wildman–Crippen LogP) is 4.07. The normalized spacial score (nSPS) is 8.31. The molecule has 0 aliphatic heterocycles. The maximum Gasteiger partial charge on any atom is 0 e. The van der Waals surface area contributed by atoms with Gasteiger partial charge in [-0.2, -0.15) is 0 Å². The van der Waals surface area contributed by atoms with E-state index in [0.717, 1.165) is 0 Å². The molecule has 0 saturated carbocycles. The van der Waals surface area contributed by atoms with Crippen LogP contribution in [-0.2, 0) is 19.5 Å². The topological polar surface area (TPSA) is 0 Å². The molecule has 0 aromatic heterocycles. The minimum Gasteiger partial charge on any atom is -0.116 e. The molecular weight excluding hydrogens is 302 g/mol. The van der Waals surface area contributed by atoms with Crippen molar-refractivity contribution in [2.45, 2.75) is 0 Å². The van der Waals surface area contributed by atoms with Gasteiger partial charge in [0.25, 0.3) is 0 Å². The van der Waals surface area contributed by atoms with Gasteiger partial charge < -0.3 is 0 Å². The molecule has 0 atom stereocenters. The summed E-state index contributed by atoms with van der Waals surface area (Å²) in [5.74, 6) is 0. The smallest absolute Gasteiger partial charge is 0 e. The second-order valence-corrected chi connectivity index (χ2v) is 12.1. The zero-order chi connectivity index (χ0) is 10.7. The van der Waals surface area contributed by atoms with Crippen LogP contribution < -0.4 is 0 Å². The van der Waals surface area contributed by atoms with E-state index in [2.05, 4.69) is 60.0 Å². The van der Waals surface area contributed by atoms with Crippen molar-refractivity contribution < 1.29 is 19.5 Å². The molecule has 0 fully saturated rings. The van der Waals surface area contributed by atoms with Gasteiger partial charge in [-0.25, -0.2) is 0 Å².